The van der Waals surface area contributed by atoms with Crippen molar-refractivity contribution in [2.45, 2.75) is 40.9 Å². The van der Waals surface area contributed by atoms with Crippen molar-refractivity contribution in [2.24, 2.45) is 0 Å². The van der Waals surface area contributed by atoms with Gasteiger partial charge in [0, 0.05) is 4.83 Å². The maximum absolute atomic E-state index is 9.48. The van der Waals surface area contributed by atoms with Crippen LogP contribution in [0, 0.1) is 0 Å². The van der Waals surface area contributed by atoms with Gasteiger partial charge in [0.15, 0.2) is 0 Å². The second-order valence-electron chi connectivity index (χ2n) is 2.48. The normalized spacial score (nSPS) is 16.9. The Morgan fingerprint density at radius 3 is 2.18 bits per heavy atom. The van der Waals surface area contributed by atoms with Crippen LogP contribution in [0.1, 0.15) is 26.2 Å². The van der Waals surface area contributed by atoms with E-state index in [2.05, 4.69) is 54.7 Å². The lowest BCUT2D eigenvalue weighted by atomic mass is 10.1. The van der Waals surface area contributed by atoms with Crippen molar-refractivity contribution < 1.29 is 5.11 Å². The topological polar surface area (TPSA) is 20.2 Å². The van der Waals surface area contributed by atoms with Crippen LogP contribution in [0.15, 0.2) is 0 Å². The standard InChI is InChI=1S/C7H13Br3O/c1-2-3-4-5(8)6(11)7(9)10/h5-7,11H,2-4H2,1H3. The van der Waals surface area contributed by atoms with E-state index in [9.17, 15) is 5.11 Å². The zero-order valence-electron chi connectivity index (χ0n) is 6.43. The van der Waals surface area contributed by atoms with E-state index in [1.165, 1.54) is 6.42 Å². The minimum Gasteiger partial charge on any atom is -0.390 e. The van der Waals surface area contributed by atoms with E-state index in [0.717, 1.165) is 12.8 Å². The first kappa shape index (κ1) is 12.4. The molecule has 0 aromatic carbocycles. The summed E-state index contributed by atoms with van der Waals surface area (Å²) in [4.78, 5) is 0.186. The fourth-order valence-electron chi connectivity index (χ4n) is 0.728. The van der Waals surface area contributed by atoms with Crippen LogP contribution in [-0.2, 0) is 0 Å². The number of aliphatic hydroxyl groups is 1. The molecular formula is C7H13Br3O. The number of hydrogen-bond acceptors (Lipinski definition) is 1. The zero-order valence-corrected chi connectivity index (χ0v) is 11.2. The summed E-state index contributed by atoms with van der Waals surface area (Å²) >= 11 is 9.97. The van der Waals surface area contributed by atoms with Gasteiger partial charge in [-0.3, -0.25) is 0 Å². The quantitative estimate of drug-likeness (QED) is 0.752. The molecule has 0 aliphatic rings. The summed E-state index contributed by atoms with van der Waals surface area (Å²) in [5, 5.41) is 9.48. The maximum Gasteiger partial charge on any atom is 0.0967 e. The first-order chi connectivity index (χ1) is 5.09. The molecule has 0 saturated carbocycles. The van der Waals surface area contributed by atoms with Crippen molar-refractivity contribution in [3.63, 3.8) is 0 Å². The number of halogens is 3. The van der Waals surface area contributed by atoms with E-state index < -0.39 is 0 Å². The molecule has 2 unspecified atom stereocenters. The van der Waals surface area contributed by atoms with E-state index in [4.69, 9.17) is 0 Å². The van der Waals surface area contributed by atoms with Crippen molar-refractivity contribution in [1.82, 2.24) is 0 Å². The minimum absolute atomic E-state index is 0.0174. The lowest BCUT2D eigenvalue weighted by Gasteiger charge is -2.17. The Morgan fingerprint density at radius 2 is 1.82 bits per heavy atom. The van der Waals surface area contributed by atoms with Crippen LogP contribution in [0.5, 0.6) is 0 Å². The van der Waals surface area contributed by atoms with Gasteiger partial charge in [0.2, 0.25) is 0 Å². The monoisotopic (exact) mass is 350 g/mol. The van der Waals surface area contributed by atoms with Crippen LogP contribution < -0.4 is 0 Å². The molecule has 0 heterocycles. The summed E-state index contributed by atoms with van der Waals surface area (Å²) in [7, 11) is 0. The molecular weight excluding hydrogens is 340 g/mol. The molecule has 68 valence electrons. The van der Waals surface area contributed by atoms with Gasteiger partial charge in [0.05, 0.1) is 9.84 Å². The number of hydrogen-bond donors (Lipinski definition) is 1. The van der Waals surface area contributed by atoms with Crippen LogP contribution in [0.3, 0.4) is 0 Å². The highest BCUT2D eigenvalue weighted by Gasteiger charge is 2.20. The van der Waals surface area contributed by atoms with E-state index >= 15 is 0 Å². The zero-order chi connectivity index (χ0) is 8.85. The minimum atomic E-state index is -0.360. The van der Waals surface area contributed by atoms with Crippen LogP contribution in [-0.4, -0.2) is 19.8 Å². The van der Waals surface area contributed by atoms with Crippen molar-refractivity contribution >= 4 is 47.8 Å². The summed E-state index contributed by atoms with van der Waals surface area (Å²) in [6, 6.07) is 0. The molecule has 0 bridgehead atoms. The molecule has 0 amide bonds. The van der Waals surface area contributed by atoms with Crippen molar-refractivity contribution in [2.75, 3.05) is 0 Å². The first-order valence-electron chi connectivity index (χ1n) is 3.69. The molecule has 0 radical (unpaired) electrons. The van der Waals surface area contributed by atoms with Gasteiger partial charge in [-0.25, -0.2) is 0 Å². The summed E-state index contributed by atoms with van der Waals surface area (Å²) < 4.78 is -0.0174. The lowest BCUT2D eigenvalue weighted by Crippen LogP contribution is -2.26. The molecule has 0 spiro atoms. The Labute approximate surface area is 93.3 Å². The van der Waals surface area contributed by atoms with Crippen molar-refractivity contribution in [3.8, 4) is 0 Å². The van der Waals surface area contributed by atoms with Gasteiger partial charge in [0.1, 0.15) is 0 Å². The van der Waals surface area contributed by atoms with Gasteiger partial charge < -0.3 is 5.11 Å². The lowest BCUT2D eigenvalue weighted by molar-refractivity contribution is 0.189. The highest BCUT2D eigenvalue weighted by Crippen LogP contribution is 2.23. The molecule has 0 saturated heterocycles. The van der Waals surface area contributed by atoms with Crippen molar-refractivity contribution in [3.05, 3.63) is 0 Å². The Kier molecular flexibility index (Phi) is 7.74. The Morgan fingerprint density at radius 1 is 1.27 bits per heavy atom. The Bertz CT molecular complexity index is 97.7. The number of alkyl halides is 3. The second-order valence-corrected chi connectivity index (χ2v) is 6.86. The Hall–Kier alpha value is 1.40. The molecule has 0 aromatic rings. The van der Waals surface area contributed by atoms with Gasteiger partial charge >= 0.3 is 0 Å². The molecule has 0 aliphatic carbocycles. The smallest absolute Gasteiger partial charge is 0.0967 e. The third-order valence-electron chi connectivity index (χ3n) is 1.46. The Balaban J connectivity index is 3.55. The molecule has 0 aliphatic heterocycles. The van der Waals surface area contributed by atoms with Crippen molar-refractivity contribution in [1.29, 1.82) is 0 Å². The van der Waals surface area contributed by atoms with E-state index in [1.807, 2.05) is 0 Å². The average Bonchev–Trinajstić information content (AvgIpc) is 1.98. The highest BCUT2D eigenvalue weighted by atomic mass is 79.9. The average molecular weight is 353 g/mol. The third-order valence-corrected chi connectivity index (χ3v) is 3.54. The molecule has 0 aromatic heterocycles. The van der Waals surface area contributed by atoms with Gasteiger partial charge in [-0.1, -0.05) is 67.6 Å². The first-order valence-corrected chi connectivity index (χ1v) is 6.44. The largest absolute Gasteiger partial charge is 0.390 e. The van der Waals surface area contributed by atoms with Crippen LogP contribution in [0.2, 0.25) is 0 Å². The van der Waals surface area contributed by atoms with Gasteiger partial charge in [-0.2, -0.15) is 0 Å². The van der Waals surface area contributed by atoms with Crippen LogP contribution in [0.4, 0.5) is 0 Å². The van der Waals surface area contributed by atoms with Gasteiger partial charge in [0.25, 0.3) is 0 Å². The number of aliphatic hydroxyl groups excluding tert-OH is 1. The third kappa shape index (κ3) is 5.61. The molecule has 0 rings (SSSR count). The van der Waals surface area contributed by atoms with Crippen LogP contribution >= 0.6 is 47.8 Å². The summed E-state index contributed by atoms with van der Waals surface area (Å²) in [6.07, 6.45) is 2.98. The molecule has 0 fully saturated rings. The highest BCUT2D eigenvalue weighted by molar-refractivity contribution is 9.24. The summed E-state index contributed by atoms with van der Waals surface area (Å²) in [6.45, 7) is 2.14. The summed E-state index contributed by atoms with van der Waals surface area (Å²) in [5.74, 6) is 0. The van der Waals surface area contributed by atoms with Gasteiger partial charge in [-0.05, 0) is 6.42 Å². The van der Waals surface area contributed by atoms with E-state index in [0.29, 0.717) is 0 Å². The summed E-state index contributed by atoms with van der Waals surface area (Å²) in [5.41, 5.74) is 0. The van der Waals surface area contributed by atoms with Crippen LogP contribution in [0.25, 0.3) is 0 Å². The number of unbranched alkanes of at least 4 members (excludes halogenated alkanes) is 1. The van der Waals surface area contributed by atoms with Gasteiger partial charge in [-0.15, -0.1) is 0 Å². The predicted molar refractivity (Wildman–Crippen MR) is 59.9 cm³/mol. The van der Waals surface area contributed by atoms with E-state index in [1.54, 1.807) is 0 Å². The van der Waals surface area contributed by atoms with E-state index in [-0.39, 0.29) is 14.7 Å². The maximum atomic E-state index is 9.48. The number of rotatable bonds is 5. The fourth-order valence-corrected chi connectivity index (χ4v) is 2.91. The molecule has 11 heavy (non-hydrogen) atoms. The fraction of sp³-hybridized carbons (Fsp3) is 1.00. The second kappa shape index (κ2) is 6.87. The predicted octanol–water partition coefficient (Wildman–Crippen LogP) is 3.42. The molecule has 1 N–H and O–H groups in total. The molecule has 1 nitrogen and oxygen atoms in total. The molecule has 4 heteroatoms. The SMILES string of the molecule is CCCCC(Br)C(O)C(Br)Br. The molecule has 2 atom stereocenters.